The third-order valence-corrected chi connectivity index (χ3v) is 4.23. The Balaban J connectivity index is 0.00000242. The molecule has 0 radical (unpaired) electrons. The molecule has 0 amide bonds. The van der Waals surface area contributed by atoms with Crippen LogP contribution in [-0.4, -0.2) is 31.6 Å². The maximum Gasteiger partial charge on any atom is 0.416 e. The fourth-order valence-electron chi connectivity index (χ4n) is 2.96. The van der Waals surface area contributed by atoms with Gasteiger partial charge in [0.1, 0.15) is 0 Å². The van der Waals surface area contributed by atoms with E-state index in [-0.39, 0.29) is 12.4 Å². The molecule has 1 fully saturated rings. The van der Waals surface area contributed by atoms with Crippen LogP contribution in [0.4, 0.5) is 13.2 Å². The van der Waals surface area contributed by atoms with Crippen LogP contribution in [0.1, 0.15) is 30.4 Å². The number of benzene rings is 1. The van der Waals surface area contributed by atoms with Gasteiger partial charge < -0.3 is 5.32 Å². The maximum absolute atomic E-state index is 13.0. The fourth-order valence-corrected chi connectivity index (χ4v) is 2.96. The Labute approximate surface area is 136 Å². The Morgan fingerprint density at radius 3 is 2.41 bits per heavy atom. The summed E-state index contributed by atoms with van der Waals surface area (Å²) in [5.74, 6) is 0.701. The van der Waals surface area contributed by atoms with Gasteiger partial charge in [0.05, 0.1) is 5.56 Å². The molecule has 0 aromatic heterocycles. The molecule has 2 nitrogen and oxygen atoms in total. The Bertz CT molecular complexity index is 443. The summed E-state index contributed by atoms with van der Waals surface area (Å²) in [7, 11) is 1.95. The third kappa shape index (κ3) is 5.45. The molecule has 0 spiro atoms. The summed E-state index contributed by atoms with van der Waals surface area (Å²) in [6.07, 6.45) is -0.948. The molecule has 0 atom stereocenters. The van der Waals surface area contributed by atoms with Gasteiger partial charge in [-0.3, -0.25) is 4.90 Å². The molecular weight excluding hydrogens is 313 g/mol. The standard InChI is InChI=1S/C16H23F3N2.ClH/c1-20-9-6-13-7-10-21(11-8-13)12-14-4-2-3-5-15(14)16(17,18)19;/h2-5,13,20H,6-12H2,1H3;1H. The van der Waals surface area contributed by atoms with Crippen molar-refractivity contribution in [1.82, 2.24) is 10.2 Å². The smallest absolute Gasteiger partial charge is 0.320 e. The van der Waals surface area contributed by atoms with Crippen LogP contribution in [-0.2, 0) is 12.7 Å². The normalized spacial score (nSPS) is 17.3. The van der Waals surface area contributed by atoms with E-state index in [4.69, 9.17) is 0 Å². The first-order valence-corrected chi connectivity index (χ1v) is 7.52. The number of halogens is 4. The molecule has 1 aromatic carbocycles. The predicted molar refractivity (Wildman–Crippen MR) is 85.2 cm³/mol. The number of likely N-dealkylation sites (tertiary alicyclic amines) is 1. The van der Waals surface area contributed by atoms with Crippen molar-refractivity contribution in [3.63, 3.8) is 0 Å². The summed E-state index contributed by atoms with van der Waals surface area (Å²) in [5.41, 5.74) is -0.110. The van der Waals surface area contributed by atoms with Gasteiger partial charge in [-0.15, -0.1) is 12.4 Å². The van der Waals surface area contributed by atoms with E-state index < -0.39 is 11.7 Å². The number of alkyl halides is 3. The molecule has 1 N–H and O–H groups in total. The highest BCUT2D eigenvalue weighted by Gasteiger charge is 2.33. The lowest BCUT2D eigenvalue weighted by Crippen LogP contribution is -2.34. The van der Waals surface area contributed by atoms with Gasteiger partial charge in [0, 0.05) is 6.54 Å². The molecule has 126 valence electrons. The molecule has 22 heavy (non-hydrogen) atoms. The molecule has 0 saturated carbocycles. The average Bonchev–Trinajstić information content (AvgIpc) is 2.46. The summed E-state index contributed by atoms with van der Waals surface area (Å²) in [6.45, 7) is 3.19. The van der Waals surface area contributed by atoms with E-state index in [2.05, 4.69) is 10.2 Å². The highest BCUT2D eigenvalue weighted by atomic mass is 35.5. The summed E-state index contributed by atoms with van der Waals surface area (Å²) >= 11 is 0. The van der Waals surface area contributed by atoms with Crippen LogP contribution in [0.25, 0.3) is 0 Å². The Morgan fingerprint density at radius 1 is 1.18 bits per heavy atom. The zero-order valence-corrected chi connectivity index (χ0v) is 13.6. The van der Waals surface area contributed by atoms with Crippen LogP contribution in [0.5, 0.6) is 0 Å². The minimum Gasteiger partial charge on any atom is -0.320 e. The van der Waals surface area contributed by atoms with Crippen molar-refractivity contribution in [1.29, 1.82) is 0 Å². The van der Waals surface area contributed by atoms with Crippen molar-refractivity contribution in [2.75, 3.05) is 26.7 Å². The van der Waals surface area contributed by atoms with Gasteiger partial charge in [0.15, 0.2) is 0 Å². The van der Waals surface area contributed by atoms with E-state index in [1.54, 1.807) is 12.1 Å². The van der Waals surface area contributed by atoms with Crippen molar-refractivity contribution < 1.29 is 13.2 Å². The summed E-state index contributed by atoms with van der Waals surface area (Å²) in [6, 6.07) is 5.91. The van der Waals surface area contributed by atoms with E-state index >= 15 is 0 Å². The van der Waals surface area contributed by atoms with Gasteiger partial charge in [-0.2, -0.15) is 13.2 Å². The van der Waals surface area contributed by atoms with Crippen molar-refractivity contribution in [2.45, 2.75) is 32.0 Å². The Kier molecular flexibility index (Phi) is 7.66. The minimum atomic E-state index is -4.26. The quantitative estimate of drug-likeness (QED) is 0.876. The van der Waals surface area contributed by atoms with Crippen LogP contribution in [0.15, 0.2) is 24.3 Å². The van der Waals surface area contributed by atoms with Gasteiger partial charge in [-0.1, -0.05) is 18.2 Å². The SMILES string of the molecule is CNCCC1CCN(Cc2ccccc2C(F)(F)F)CC1.Cl. The molecule has 0 aliphatic carbocycles. The first-order valence-electron chi connectivity index (χ1n) is 7.52. The van der Waals surface area contributed by atoms with Gasteiger partial charge in [0.25, 0.3) is 0 Å². The highest BCUT2D eigenvalue weighted by molar-refractivity contribution is 5.85. The first kappa shape index (κ1) is 19.3. The maximum atomic E-state index is 13.0. The predicted octanol–water partition coefficient (Wildman–Crippen LogP) is 3.95. The van der Waals surface area contributed by atoms with E-state index in [1.807, 2.05) is 7.05 Å². The lowest BCUT2D eigenvalue weighted by molar-refractivity contribution is -0.138. The molecule has 1 heterocycles. The third-order valence-electron chi connectivity index (χ3n) is 4.23. The average molecular weight is 337 g/mol. The minimum absolute atomic E-state index is 0. The first-order chi connectivity index (χ1) is 10.0. The second-order valence-electron chi connectivity index (χ2n) is 5.77. The zero-order chi connectivity index (χ0) is 15.3. The Hall–Kier alpha value is -0.780. The van der Waals surface area contributed by atoms with E-state index in [1.165, 1.54) is 12.1 Å². The molecule has 1 saturated heterocycles. The van der Waals surface area contributed by atoms with Crippen LogP contribution < -0.4 is 5.32 Å². The number of hydrogen-bond donors (Lipinski definition) is 1. The largest absolute Gasteiger partial charge is 0.416 e. The van der Waals surface area contributed by atoms with E-state index in [9.17, 15) is 13.2 Å². The molecule has 0 bridgehead atoms. The van der Waals surface area contributed by atoms with Crippen LogP contribution >= 0.6 is 12.4 Å². The molecule has 1 aromatic rings. The highest BCUT2D eigenvalue weighted by Crippen LogP contribution is 2.33. The van der Waals surface area contributed by atoms with Crippen molar-refractivity contribution in [2.24, 2.45) is 5.92 Å². The van der Waals surface area contributed by atoms with E-state index in [0.717, 1.165) is 38.9 Å². The molecule has 6 heteroatoms. The lowest BCUT2D eigenvalue weighted by Gasteiger charge is -2.32. The van der Waals surface area contributed by atoms with Gasteiger partial charge in [0.2, 0.25) is 0 Å². The fraction of sp³-hybridized carbons (Fsp3) is 0.625. The summed E-state index contributed by atoms with van der Waals surface area (Å²) in [5, 5.41) is 3.15. The van der Waals surface area contributed by atoms with Gasteiger partial charge in [-0.05, 0) is 63.5 Å². The molecular formula is C16H24ClF3N2. The van der Waals surface area contributed by atoms with Crippen molar-refractivity contribution in [3.05, 3.63) is 35.4 Å². The van der Waals surface area contributed by atoms with E-state index in [0.29, 0.717) is 18.0 Å². The summed E-state index contributed by atoms with van der Waals surface area (Å²) < 4.78 is 38.9. The van der Waals surface area contributed by atoms with Gasteiger partial charge in [-0.25, -0.2) is 0 Å². The molecule has 1 aliphatic heterocycles. The second kappa shape index (κ2) is 8.75. The number of nitrogens with zero attached hydrogens (tertiary/aromatic N) is 1. The van der Waals surface area contributed by atoms with Crippen LogP contribution in [0.2, 0.25) is 0 Å². The number of hydrogen-bond acceptors (Lipinski definition) is 2. The van der Waals surface area contributed by atoms with Crippen molar-refractivity contribution >= 4 is 12.4 Å². The number of nitrogens with one attached hydrogen (secondary N) is 1. The molecule has 2 rings (SSSR count). The molecule has 0 unspecified atom stereocenters. The van der Waals surface area contributed by atoms with Crippen LogP contribution in [0, 0.1) is 5.92 Å². The number of rotatable bonds is 5. The lowest BCUT2D eigenvalue weighted by atomic mass is 9.93. The Morgan fingerprint density at radius 2 is 1.82 bits per heavy atom. The molecule has 1 aliphatic rings. The zero-order valence-electron chi connectivity index (χ0n) is 12.8. The number of piperidine rings is 1. The topological polar surface area (TPSA) is 15.3 Å². The van der Waals surface area contributed by atoms with Gasteiger partial charge >= 0.3 is 6.18 Å². The summed E-state index contributed by atoms with van der Waals surface area (Å²) in [4.78, 5) is 2.14. The second-order valence-corrected chi connectivity index (χ2v) is 5.77. The van der Waals surface area contributed by atoms with Crippen molar-refractivity contribution in [3.8, 4) is 0 Å². The van der Waals surface area contributed by atoms with Crippen LogP contribution in [0.3, 0.4) is 0 Å². The monoisotopic (exact) mass is 336 g/mol.